The molecule has 0 aliphatic heterocycles. The number of methoxy groups -OCH3 is 1. The summed E-state index contributed by atoms with van der Waals surface area (Å²) in [4.78, 5) is 26.2. The zero-order valence-corrected chi connectivity index (χ0v) is 9.23. The van der Waals surface area contributed by atoms with Crippen LogP contribution in [-0.2, 0) is 9.63 Å². The number of hydrogen-bond acceptors (Lipinski definition) is 4. The van der Waals surface area contributed by atoms with Crippen molar-refractivity contribution in [3.05, 3.63) is 24.3 Å². The van der Waals surface area contributed by atoms with E-state index in [-0.39, 0.29) is 6.61 Å². The molecule has 0 saturated carbocycles. The third kappa shape index (κ3) is 4.39. The molecule has 0 aliphatic carbocycles. The number of ether oxygens (including phenoxy) is 1. The van der Waals surface area contributed by atoms with E-state index in [0.717, 1.165) is 0 Å². The second-order valence-corrected chi connectivity index (χ2v) is 3.01. The standard InChI is InChI=1S/C10H13N3O4/c1-16-8-5-3-2-4-7(8)12-10(15)13-17-6-9(11)14/h2-5H,6H2,1H3,(H2,11,14)(H2,12,13,15). The second-order valence-electron chi connectivity index (χ2n) is 3.01. The first-order chi connectivity index (χ1) is 8.13. The molecule has 17 heavy (non-hydrogen) atoms. The number of rotatable bonds is 5. The molecule has 0 heterocycles. The molecule has 7 nitrogen and oxygen atoms in total. The molecular weight excluding hydrogens is 226 g/mol. The monoisotopic (exact) mass is 239 g/mol. The number of primary amides is 1. The van der Waals surface area contributed by atoms with Gasteiger partial charge in [-0.3, -0.25) is 9.63 Å². The van der Waals surface area contributed by atoms with Gasteiger partial charge in [-0.15, -0.1) is 0 Å². The maximum absolute atomic E-state index is 11.3. The fourth-order valence-corrected chi connectivity index (χ4v) is 1.07. The van der Waals surface area contributed by atoms with Crippen LogP contribution in [0.15, 0.2) is 24.3 Å². The Morgan fingerprint density at radius 3 is 2.71 bits per heavy atom. The maximum Gasteiger partial charge on any atom is 0.343 e. The third-order valence-corrected chi connectivity index (χ3v) is 1.73. The fourth-order valence-electron chi connectivity index (χ4n) is 1.07. The number of anilines is 1. The fraction of sp³-hybridized carbons (Fsp3) is 0.200. The lowest BCUT2D eigenvalue weighted by atomic mass is 10.3. The molecule has 0 aromatic heterocycles. The molecule has 1 rings (SSSR count). The minimum absolute atomic E-state index is 0.390. The molecule has 0 saturated heterocycles. The second kappa shape index (κ2) is 6.33. The summed E-state index contributed by atoms with van der Waals surface area (Å²) in [5.74, 6) is -0.167. The van der Waals surface area contributed by atoms with Crippen molar-refractivity contribution in [2.45, 2.75) is 0 Å². The number of amides is 3. The number of para-hydroxylation sites is 2. The van der Waals surface area contributed by atoms with E-state index in [0.29, 0.717) is 11.4 Å². The van der Waals surface area contributed by atoms with Crippen LogP contribution in [0.4, 0.5) is 10.5 Å². The van der Waals surface area contributed by atoms with Crippen molar-refractivity contribution in [2.75, 3.05) is 19.0 Å². The lowest BCUT2D eigenvalue weighted by molar-refractivity contribution is -0.124. The van der Waals surface area contributed by atoms with Crippen LogP contribution in [-0.4, -0.2) is 25.7 Å². The SMILES string of the molecule is COc1ccccc1NC(=O)NOCC(N)=O. The van der Waals surface area contributed by atoms with E-state index >= 15 is 0 Å². The Kier molecular flexibility index (Phi) is 4.77. The first-order valence-corrected chi connectivity index (χ1v) is 4.73. The summed E-state index contributed by atoms with van der Waals surface area (Å²) in [7, 11) is 1.49. The summed E-state index contributed by atoms with van der Waals surface area (Å²) in [5.41, 5.74) is 7.31. The van der Waals surface area contributed by atoms with Crippen LogP contribution in [0.5, 0.6) is 5.75 Å². The number of carbonyl (C=O) groups excluding carboxylic acids is 2. The van der Waals surface area contributed by atoms with E-state index < -0.39 is 11.9 Å². The van der Waals surface area contributed by atoms with E-state index in [1.165, 1.54) is 7.11 Å². The molecule has 7 heteroatoms. The molecule has 1 aromatic carbocycles. The number of benzene rings is 1. The molecule has 3 amide bonds. The molecule has 0 bridgehead atoms. The average Bonchev–Trinajstić information content (AvgIpc) is 2.29. The highest BCUT2D eigenvalue weighted by molar-refractivity contribution is 5.90. The van der Waals surface area contributed by atoms with Crippen molar-refractivity contribution < 1.29 is 19.2 Å². The van der Waals surface area contributed by atoms with Gasteiger partial charge in [0.2, 0.25) is 5.91 Å². The predicted molar refractivity (Wildman–Crippen MR) is 60.3 cm³/mol. The number of nitrogens with one attached hydrogen (secondary N) is 2. The van der Waals surface area contributed by atoms with Crippen LogP contribution in [0.2, 0.25) is 0 Å². The van der Waals surface area contributed by atoms with Gasteiger partial charge in [-0.05, 0) is 12.1 Å². The summed E-state index contributed by atoms with van der Waals surface area (Å²) < 4.78 is 5.03. The highest BCUT2D eigenvalue weighted by Crippen LogP contribution is 2.22. The van der Waals surface area contributed by atoms with Crippen LogP contribution in [0.3, 0.4) is 0 Å². The van der Waals surface area contributed by atoms with Crippen LogP contribution in [0.25, 0.3) is 0 Å². The van der Waals surface area contributed by atoms with Crippen LogP contribution in [0, 0.1) is 0 Å². The Balaban J connectivity index is 2.47. The topological polar surface area (TPSA) is 103 Å². The zero-order valence-electron chi connectivity index (χ0n) is 9.23. The average molecular weight is 239 g/mol. The van der Waals surface area contributed by atoms with Crippen LogP contribution < -0.4 is 21.3 Å². The molecular formula is C10H13N3O4. The van der Waals surface area contributed by atoms with Crippen molar-refractivity contribution in [3.63, 3.8) is 0 Å². The van der Waals surface area contributed by atoms with Crippen molar-refractivity contribution in [1.82, 2.24) is 5.48 Å². The molecule has 1 aromatic rings. The minimum Gasteiger partial charge on any atom is -0.495 e. The molecule has 0 atom stereocenters. The Bertz CT molecular complexity index is 408. The van der Waals surface area contributed by atoms with Crippen LogP contribution in [0.1, 0.15) is 0 Å². The molecule has 0 fully saturated rings. The van der Waals surface area contributed by atoms with Gasteiger partial charge >= 0.3 is 6.03 Å². The summed E-state index contributed by atoms with van der Waals surface area (Å²) in [5, 5.41) is 2.48. The van der Waals surface area contributed by atoms with Crippen molar-refractivity contribution in [1.29, 1.82) is 0 Å². The maximum atomic E-state index is 11.3. The van der Waals surface area contributed by atoms with Gasteiger partial charge < -0.3 is 15.8 Å². The number of urea groups is 1. The number of nitrogens with two attached hydrogens (primary N) is 1. The van der Waals surface area contributed by atoms with Gasteiger partial charge in [0, 0.05) is 0 Å². The largest absolute Gasteiger partial charge is 0.495 e. The van der Waals surface area contributed by atoms with Gasteiger partial charge in [0.05, 0.1) is 12.8 Å². The summed E-state index contributed by atoms with van der Waals surface area (Å²) in [6, 6.07) is 6.23. The molecule has 0 radical (unpaired) electrons. The predicted octanol–water partition coefficient (Wildman–Crippen LogP) is 0.234. The van der Waals surface area contributed by atoms with Gasteiger partial charge in [0.25, 0.3) is 0 Å². The Morgan fingerprint density at radius 1 is 1.35 bits per heavy atom. The summed E-state index contributed by atoms with van der Waals surface area (Å²) in [6.07, 6.45) is 0. The van der Waals surface area contributed by atoms with Gasteiger partial charge in [-0.1, -0.05) is 12.1 Å². The lowest BCUT2D eigenvalue weighted by Gasteiger charge is -2.10. The molecule has 0 aliphatic rings. The lowest BCUT2D eigenvalue weighted by Crippen LogP contribution is -2.32. The first kappa shape index (κ1) is 12.8. The molecule has 0 unspecified atom stereocenters. The number of carbonyl (C=O) groups is 2. The zero-order chi connectivity index (χ0) is 12.7. The van der Waals surface area contributed by atoms with Crippen molar-refractivity contribution >= 4 is 17.6 Å². The normalized spacial score (nSPS) is 9.47. The van der Waals surface area contributed by atoms with E-state index in [1.54, 1.807) is 24.3 Å². The Labute approximate surface area is 97.8 Å². The Morgan fingerprint density at radius 2 is 2.06 bits per heavy atom. The van der Waals surface area contributed by atoms with E-state index in [1.807, 2.05) is 5.48 Å². The van der Waals surface area contributed by atoms with Crippen molar-refractivity contribution in [3.8, 4) is 5.75 Å². The molecule has 0 spiro atoms. The van der Waals surface area contributed by atoms with E-state index in [9.17, 15) is 9.59 Å². The molecule has 4 N–H and O–H groups in total. The first-order valence-electron chi connectivity index (χ1n) is 4.73. The van der Waals surface area contributed by atoms with Crippen molar-refractivity contribution in [2.24, 2.45) is 5.73 Å². The van der Waals surface area contributed by atoms with Crippen LogP contribution >= 0.6 is 0 Å². The van der Waals surface area contributed by atoms with E-state index in [2.05, 4.69) is 10.2 Å². The highest BCUT2D eigenvalue weighted by atomic mass is 16.7. The summed E-state index contributed by atoms with van der Waals surface area (Å²) >= 11 is 0. The Hall–Kier alpha value is -2.28. The quantitative estimate of drug-likeness (QED) is 0.640. The van der Waals surface area contributed by atoms with Gasteiger partial charge in [0.15, 0.2) is 6.61 Å². The third-order valence-electron chi connectivity index (χ3n) is 1.73. The smallest absolute Gasteiger partial charge is 0.343 e. The number of hydroxylamine groups is 1. The van der Waals surface area contributed by atoms with Gasteiger partial charge in [-0.2, -0.15) is 0 Å². The van der Waals surface area contributed by atoms with Gasteiger partial charge in [0.1, 0.15) is 5.75 Å². The number of hydrogen-bond donors (Lipinski definition) is 3. The summed E-state index contributed by atoms with van der Waals surface area (Å²) in [6.45, 7) is -0.390. The highest BCUT2D eigenvalue weighted by Gasteiger charge is 2.06. The molecule has 92 valence electrons. The van der Waals surface area contributed by atoms with E-state index in [4.69, 9.17) is 10.5 Å². The minimum atomic E-state index is -0.678. The van der Waals surface area contributed by atoms with Gasteiger partial charge in [-0.25, -0.2) is 10.3 Å².